The molecule has 0 aromatic carbocycles. The van der Waals surface area contributed by atoms with Crippen LogP contribution in [0.3, 0.4) is 0 Å². The molecule has 44 valence electrons. The van der Waals surface area contributed by atoms with E-state index in [-0.39, 0.29) is 0 Å². The third-order valence-corrected chi connectivity index (χ3v) is 1.59. The zero-order valence-electron chi connectivity index (χ0n) is 3.90. The number of nitrogens with zero attached hydrogens (tertiary/aromatic N) is 1. The molecule has 0 N–H and O–H groups in total. The van der Waals surface area contributed by atoms with Crippen LogP contribution in [0.4, 0.5) is 0 Å². The average Bonchev–Trinajstić information content (AvgIpc) is 2.14. The largest absolute Gasteiger partial charge is 0.359 e. The second-order valence-corrected chi connectivity index (χ2v) is 2.62. The van der Waals surface area contributed by atoms with Gasteiger partial charge in [0, 0.05) is 6.07 Å². The maximum absolute atomic E-state index is 4.77. The zero-order chi connectivity index (χ0) is 5.98. The van der Waals surface area contributed by atoms with Gasteiger partial charge in [-0.15, -0.1) is 0 Å². The molecule has 8 heavy (non-hydrogen) atoms. The van der Waals surface area contributed by atoms with Crippen LogP contribution in [0.15, 0.2) is 15.2 Å². The summed E-state index contributed by atoms with van der Waals surface area (Å²) >= 11 is 6.36. The van der Waals surface area contributed by atoms with Crippen molar-refractivity contribution in [3.8, 4) is 0 Å². The molecule has 0 fully saturated rings. The lowest BCUT2D eigenvalue weighted by atomic mass is 10.5. The predicted octanol–water partition coefficient (Wildman–Crippen LogP) is 2.33. The van der Waals surface area contributed by atoms with Crippen molar-refractivity contribution in [2.24, 2.45) is 0 Å². The molecule has 4 heteroatoms. The first kappa shape index (κ1) is 6.29. The fourth-order valence-corrected chi connectivity index (χ4v) is 0.943. The van der Waals surface area contributed by atoms with Crippen LogP contribution in [0.5, 0.6) is 0 Å². The second-order valence-electron chi connectivity index (χ2n) is 1.25. The highest BCUT2D eigenvalue weighted by Crippen LogP contribution is 2.11. The van der Waals surface area contributed by atoms with Crippen molar-refractivity contribution in [3.63, 3.8) is 0 Å². The average molecular weight is 241 g/mol. The van der Waals surface area contributed by atoms with Gasteiger partial charge >= 0.3 is 0 Å². The minimum absolute atomic E-state index is 0.714. The summed E-state index contributed by atoms with van der Waals surface area (Å²) in [5.41, 5.74) is 0. The second kappa shape index (κ2) is 2.64. The van der Waals surface area contributed by atoms with Gasteiger partial charge in [0.1, 0.15) is 10.4 Å². The molecule has 1 rings (SSSR count). The fraction of sp³-hybridized carbons (Fsp3) is 0.250. The summed E-state index contributed by atoms with van der Waals surface area (Å²) in [6.45, 7) is 0. The molecule has 2 nitrogen and oxygen atoms in total. The quantitative estimate of drug-likeness (QED) is 0.705. The fourth-order valence-electron chi connectivity index (χ4n) is 0.351. The number of hydrogen-bond acceptors (Lipinski definition) is 2. The van der Waals surface area contributed by atoms with Crippen molar-refractivity contribution >= 4 is 31.9 Å². The van der Waals surface area contributed by atoms with Crippen molar-refractivity contribution in [2.75, 3.05) is 0 Å². The maximum atomic E-state index is 4.77. The summed E-state index contributed by atoms with van der Waals surface area (Å²) in [7, 11) is 0. The molecule has 0 atom stereocenters. The third kappa shape index (κ3) is 1.32. The summed E-state index contributed by atoms with van der Waals surface area (Å²) in [5.74, 6) is 0.830. The smallest absolute Gasteiger partial charge is 0.149 e. The van der Waals surface area contributed by atoms with E-state index in [1.165, 1.54) is 0 Å². The lowest BCUT2D eigenvalue weighted by molar-refractivity contribution is 0.392. The molecule has 0 saturated carbocycles. The zero-order valence-corrected chi connectivity index (χ0v) is 7.07. The summed E-state index contributed by atoms with van der Waals surface area (Å²) in [6, 6.07) is 1.81. The van der Waals surface area contributed by atoms with Gasteiger partial charge in [0.25, 0.3) is 0 Å². The SMILES string of the molecule is BrCc1cc(Br)no1. The van der Waals surface area contributed by atoms with Crippen LogP contribution in [0.25, 0.3) is 0 Å². The van der Waals surface area contributed by atoms with Crippen LogP contribution < -0.4 is 0 Å². The molecule has 0 unspecified atom stereocenters. The van der Waals surface area contributed by atoms with Gasteiger partial charge in [0.15, 0.2) is 0 Å². The first-order chi connectivity index (χ1) is 3.83. The van der Waals surface area contributed by atoms with Gasteiger partial charge in [-0.1, -0.05) is 21.1 Å². The maximum Gasteiger partial charge on any atom is 0.149 e. The van der Waals surface area contributed by atoms with E-state index in [4.69, 9.17) is 4.52 Å². The number of alkyl halides is 1. The topological polar surface area (TPSA) is 26.0 Å². The Bertz CT molecular complexity index is 174. The van der Waals surface area contributed by atoms with E-state index in [1.807, 2.05) is 6.07 Å². The summed E-state index contributed by atoms with van der Waals surface area (Å²) < 4.78 is 5.51. The summed E-state index contributed by atoms with van der Waals surface area (Å²) in [5, 5.41) is 4.31. The molecule has 0 saturated heterocycles. The Balaban J connectivity index is 2.84. The highest BCUT2D eigenvalue weighted by Gasteiger charge is 1.96. The van der Waals surface area contributed by atoms with Gasteiger partial charge < -0.3 is 4.52 Å². The van der Waals surface area contributed by atoms with Crippen molar-refractivity contribution in [1.29, 1.82) is 0 Å². The standard InChI is InChI=1S/C4H3Br2NO/c5-2-3-1-4(6)7-8-3/h1H,2H2. The number of hydrogen-bond donors (Lipinski definition) is 0. The van der Waals surface area contributed by atoms with E-state index in [2.05, 4.69) is 37.0 Å². The first-order valence-electron chi connectivity index (χ1n) is 2.00. The Kier molecular flexibility index (Phi) is 2.08. The van der Waals surface area contributed by atoms with Gasteiger partial charge in [-0.2, -0.15) is 0 Å². The van der Waals surface area contributed by atoms with Crippen molar-refractivity contribution in [2.45, 2.75) is 5.33 Å². The van der Waals surface area contributed by atoms with E-state index in [1.54, 1.807) is 0 Å². The molecule has 0 aliphatic carbocycles. The van der Waals surface area contributed by atoms with E-state index < -0.39 is 0 Å². The third-order valence-electron chi connectivity index (χ3n) is 0.662. The lowest BCUT2D eigenvalue weighted by Gasteiger charge is -1.74. The molecule has 1 aromatic heterocycles. The predicted molar refractivity (Wildman–Crippen MR) is 36.8 cm³/mol. The number of rotatable bonds is 1. The van der Waals surface area contributed by atoms with Crippen molar-refractivity contribution in [3.05, 3.63) is 16.4 Å². The van der Waals surface area contributed by atoms with Crippen LogP contribution >= 0.6 is 31.9 Å². The lowest BCUT2D eigenvalue weighted by Crippen LogP contribution is -1.62. The highest BCUT2D eigenvalue weighted by molar-refractivity contribution is 9.10. The van der Waals surface area contributed by atoms with E-state index >= 15 is 0 Å². The molecule has 0 spiro atoms. The van der Waals surface area contributed by atoms with Crippen LogP contribution in [0.2, 0.25) is 0 Å². The molecule has 0 radical (unpaired) electrons. The van der Waals surface area contributed by atoms with Gasteiger partial charge in [0.05, 0.1) is 5.33 Å². The van der Waals surface area contributed by atoms with Crippen molar-refractivity contribution < 1.29 is 4.52 Å². The first-order valence-corrected chi connectivity index (χ1v) is 3.91. The van der Waals surface area contributed by atoms with E-state index in [0.717, 1.165) is 10.4 Å². The van der Waals surface area contributed by atoms with Crippen LogP contribution in [0, 0.1) is 0 Å². The summed E-state index contributed by atoms with van der Waals surface area (Å²) in [4.78, 5) is 0. The molecular formula is C4H3Br2NO. The van der Waals surface area contributed by atoms with E-state index in [9.17, 15) is 0 Å². The van der Waals surface area contributed by atoms with Crippen LogP contribution in [-0.4, -0.2) is 5.16 Å². The minimum atomic E-state index is 0.714. The molecule has 0 aliphatic rings. The Morgan fingerprint density at radius 3 is 2.75 bits per heavy atom. The van der Waals surface area contributed by atoms with E-state index in [0.29, 0.717) is 5.33 Å². The van der Waals surface area contributed by atoms with Crippen molar-refractivity contribution in [1.82, 2.24) is 5.16 Å². The number of halogens is 2. The molecule has 0 aliphatic heterocycles. The van der Waals surface area contributed by atoms with Gasteiger partial charge in [-0.25, -0.2) is 0 Å². The molecular weight excluding hydrogens is 238 g/mol. The Labute approximate surface area is 63.5 Å². The molecule has 1 heterocycles. The Morgan fingerprint density at radius 2 is 2.50 bits per heavy atom. The van der Waals surface area contributed by atoms with Gasteiger partial charge in [-0.3, -0.25) is 0 Å². The highest BCUT2D eigenvalue weighted by atomic mass is 79.9. The van der Waals surface area contributed by atoms with Gasteiger partial charge in [0.2, 0.25) is 0 Å². The van der Waals surface area contributed by atoms with Crippen LogP contribution in [0.1, 0.15) is 5.76 Å². The minimum Gasteiger partial charge on any atom is -0.359 e. The summed E-state index contributed by atoms with van der Waals surface area (Å²) in [6.07, 6.45) is 0. The molecule has 0 bridgehead atoms. The monoisotopic (exact) mass is 239 g/mol. The molecule has 1 aromatic rings. The normalized spacial score (nSPS) is 9.75. The molecule has 0 amide bonds. The Hall–Kier alpha value is 0.170. The van der Waals surface area contributed by atoms with Crippen LogP contribution in [-0.2, 0) is 5.33 Å². The Morgan fingerprint density at radius 1 is 1.75 bits per heavy atom. The number of aromatic nitrogens is 1. The van der Waals surface area contributed by atoms with Gasteiger partial charge in [-0.05, 0) is 15.9 Å².